The molecule has 3 aromatic rings. The van der Waals surface area contributed by atoms with Crippen molar-refractivity contribution < 1.29 is 4.79 Å². The number of carbonyl (C=O) groups is 1. The first-order valence-corrected chi connectivity index (χ1v) is 9.06. The number of hydrogen-bond donors (Lipinski definition) is 1. The number of aromatic nitrogens is 2. The molecule has 1 atom stereocenters. The molecule has 0 bridgehead atoms. The molecule has 1 amide bonds. The lowest BCUT2D eigenvalue weighted by molar-refractivity contribution is -0.119. The second-order valence-corrected chi connectivity index (χ2v) is 7.15. The van der Waals surface area contributed by atoms with E-state index in [0.29, 0.717) is 0 Å². The van der Waals surface area contributed by atoms with Gasteiger partial charge in [-0.2, -0.15) is 0 Å². The quantitative estimate of drug-likeness (QED) is 0.705. The number of para-hydroxylation sites is 1. The Hall–Kier alpha value is -2.53. The van der Waals surface area contributed by atoms with Crippen molar-refractivity contribution in [1.29, 1.82) is 0 Å². The Morgan fingerprint density at radius 3 is 2.44 bits per heavy atom. The summed E-state index contributed by atoms with van der Waals surface area (Å²) in [5.41, 5.74) is 4.36. The number of aryl methyl sites for hydroxylation is 1. The summed E-state index contributed by atoms with van der Waals surface area (Å²) in [4.78, 5) is 16.5. The van der Waals surface area contributed by atoms with Crippen LogP contribution in [0.1, 0.15) is 12.5 Å². The number of nitrogens with zero attached hydrogens (tertiary/aromatic N) is 2. The lowest BCUT2D eigenvalue weighted by Gasteiger charge is -2.14. The van der Waals surface area contributed by atoms with Crippen molar-refractivity contribution in [3.8, 4) is 16.9 Å². The second-order valence-electron chi connectivity index (χ2n) is 5.84. The molecule has 0 fully saturated rings. The minimum atomic E-state index is -0.222. The number of rotatable bonds is 5. The average Bonchev–Trinajstić information content (AvgIpc) is 3.05. The van der Waals surface area contributed by atoms with Crippen LogP contribution in [0.2, 0.25) is 0 Å². The van der Waals surface area contributed by atoms with Crippen LogP contribution < -0.4 is 5.32 Å². The summed E-state index contributed by atoms with van der Waals surface area (Å²) in [5.74, 6) is -0.00972. The number of thioether (sulfide) groups is 1. The van der Waals surface area contributed by atoms with E-state index in [4.69, 9.17) is 0 Å². The van der Waals surface area contributed by atoms with Crippen molar-refractivity contribution >= 4 is 17.7 Å². The Labute approximate surface area is 152 Å². The number of imidazole rings is 1. The van der Waals surface area contributed by atoms with E-state index in [0.717, 1.165) is 22.1 Å². The molecule has 1 N–H and O–H groups in total. The molecule has 0 saturated heterocycles. The Kier molecular flexibility index (Phi) is 5.24. The Morgan fingerprint density at radius 1 is 1.12 bits per heavy atom. The van der Waals surface area contributed by atoms with Crippen LogP contribution in [0.5, 0.6) is 0 Å². The molecule has 0 saturated carbocycles. The fourth-order valence-corrected chi connectivity index (χ4v) is 3.55. The molecule has 1 unspecified atom stereocenters. The van der Waals surface area contributed by atoms with Crippen molar-refractivity contribution in [2.45, 2.75) is 24.3 Å². The average molecular weight is 351 g/mol. The van der Waals surface area contributed by atoms with Gasteiger partial charge in [-0.3, -0.25) is 9.36 Å². The summed E-state index contributed by atoms with van der Waals surface area (Å²) in [5, 5.41) is 3.27. The fraction of sp³-hybridized carbons (Fsp3) is 0.200. The van der Waals surface area contributed by atoms with E-state index >= 15 is 0 Å². The highest BCUT2D eigenvalue weighted by atomic mass is 32.2. The molecule has 5 heteroatoms. The van der Waals surface area contributed by atoms with Gasteiger partial charge in [-0.15, -0.1) is 0 Å². The fourth-order valence-electron chi connectivity index (χ4n) is 2.59. The van der Waals surface area contributed by atoms with Gasteiger partial charge in [-0.05, 0) is 26.0 Å². The number of benzene rings is 2. The Bertz CT molecular complexity index is 856. The van der Waals surface area contributed by atoms with Gasteiger partial charge in [0.15, 0.2) is 5.16 Å². The van der Waals surface area contributed by atoms with Crippen molar-refractivity contribution in [3.05, 3.63) is 66.4 Å². The summed E-state index contributed by atoms with van der Waals surface area (Å²) < 4.78 is 2.11. The first-order chi connectivity index (χ1) is 12.1. The normalized spacial score (nSPS) is 12.0. The van der Waals surface area contributed by atoms with E-state index in [9.17, 15) is 4.79 Å². The van der Waals surface area contributed by atoms with E-state index in [2.05, 4.69) is 46.1 Å². The highest BCUT2D eigenvalue weighted by Gasteiger charge is 2.19. The van der Waals surface area contributed by atoms with Crippen LogP contribution in [0, 0.1) is 6.92 Å². The van der Waals surface area contributed by atoms with E-state index in [1.807, 2.05) is 43.5 Å². The van der Waals surface area contributed by atoms with Crippen LogP contribution in [-0.4, -0.2) is 27.8 Å². The SMILES string of the molecule is CNC(=O)C(C)Sc1ncc(-c2ccc(C)cc2)n1-c1ccccc1. The minimum Gasteiger partial charge on any atom is -0.358 e. The van der Waals surface area contributed by atoms with Crippen molar-refractivity contribution in [2.24, 2.45) is 0 Å². The molecule has 0 aliphatic heterocycles. The standard InChI is InChI=1S/C20H21N3OS/c1-14-9-11-16(12-10-14)18-13-22-20(25-15(2)19(24)21-3)23(18)17-7-5-4-6-8-17/h4-13,15H,1-3H3,(H,21,24). The molecule has 25 heavy (non-hydrogen) atoms. The highest BCUT2D eigenvalue weighted by Crippen LogP contribution is 2.31. The van der Waals surface area contributed by atoms with Crippen LogP contribution in [-0.2, 0) is 4.79 Å². The van der Waals surface area contributed by atoms with Crippen LogP contribution in [0.4, 0.5) is 0 Å². The summed E-state index contributed by atoms with van der Waals surface area (Å²) in [6.45, 7) is 3.96. The molecule has 2 aromatic carbocycles. The van der Waals surface area contributed by atoms with Gasteiger partial charge in [0.05, 0.1) is 17.1 Å². The summed E-state index contributed by atoms with van der Waals surface area (Å²) >= 11 is 1.46. The lowest BCUT2D eigenvalue weighted by Crippen LogP contribution is -2.27. The molecule has 0 aliphatic rings. The largest absolute Gasteiger partial charge is 0.358 e. The van der Waals surface area contributed by atoms with Crippen LogP contribution in [0.3, 0.4) is 0 Å². The zero-order chi connectivity index (χ0) is 17.8. The Morgan fingerprint density at radius 2 is 1.80 bits per heavy atom. The predicted molar refractivity (Wildman–Crippen MR) is 103 cm³/mol. The minimum absolute atomic E-state index is 0.00972. The molecular formula is C20H21N3OS. The number of amides is 1. The van der Waals surface area contributed by atoms with Gasteiger partial charge in [-0.1, -0.05) is 59.8 Å². The molecule has 0 aliphatic carbocycles. The molecule has 0 spiro atoms. The molecule has 128 valence electrons. The third-order valence-electron chi connectivity index (χ3n) is 3.99. The lowest BCUT2D eigenvalue weighted by atomic mass is 10.1. The predicted octanol–water partition coefficient (Wildman–Crippen LogP) is 4.07. The first kappa shape index (κ1) is 17.3. The molecule has 0 radical (unpaired) electrons. The van der Waals surface area contributed by atoms with Crippen LogP contribution >= 0.6 is 11.8 Å². The zero-order valence-electron chi connectivity index (χ0n) is 14.6. The molecule has 3 rings (SSSR count). The molecule has 4 nitrogen and oxygen atoms in total. The van der Waals surface area contributed by atoms with Gasteiger partial charge in [0.1, 0.15) is 0 Å². The molecule has 1 aromatic heterocycles. The molecule has 1 heterocycles. The van der Waals surface area contributed by atoms with Crippen molar-refractivity contribution in [2.75, 3.05) is 7.05 Å². The number of hydrogen-bond acceptors (Lipinski definition) is 3. The summed E-state index contributed by atoms with van der Waals surface area (Å²) in [6.07, 6.45) is 1.87. The number of nitrogens with one attached hydrogen (secondary N) is 1. The zero-order valence-corrected chi connectivity index (χ0v) is 15.4. The molecular weight excluding hydrogens is 330 g/mol. The third kappa shape index (κ3) is 3.77. The van der Waals surface area contributed by atoms with Crippen molar-refractivity contribution in [3.63, 3.8) is 0 Å². The van der Waals surface area contributed by atoms with Crippen LogP contribution in [0.15, 0.2) is 66.0 Å². The maximum absolute atomic E-state index is 11.9. The smallest absolute Gasteiger partial charge is 0.233 e. The van der Waals surface area contributed by atoms with Crippen LogP contribution in [0.25, 0.3) is 16.9 Å². The topological polar surface area (TPSA) is 46.9 Å². The van der Waals surface area contributed by atoms with E-state index in [1.54, 1.807) is 7.05 Å². The van der Waals surface area contributed by atoms with Crippen molar-refractivity contribution in [1.82, 2.24) is 14.9 Å². The van der Waals surface area contributed by atoms with E-state index in [1.165, 1.54) is 17.3 Å². The van der Waals surface area contributed by atoms with E-state index < -0.39 is 0 Å². The second kappa shape index (κ2) is 7.57. The van der Waals surface area contributed by atoms with E-state index in [-0.39, 0.29) is 11.2 Å². The summed E-state index contributed by atoms with van der Waals surface area (Å²) in [7, 11) is 1.65. The van der Waals surface area contributed by atoms with Gasteiger partial charge in [0.2, 0.25) is 5.91 Å². The van der Waals surface area contributed by atoms with Gasteiger partial charge in [0.25, 0.3) is 0 Å². The van der Waals surface area contributed by atoms with Gasteiger partial charge < -0.3 is 5.32 Å². The highest BCUT2D eigenvalue weighted by molar-refractivity contribution is 8.00. The number of carbonyl (C=O) groups excluding carboxylic acids is 1. The maximum Gasteiger partial charge on any atom is 0.233 e. The first-order valence-electron chi connectivity index (χ1n) is 8.18. The van der Waals surface area contributed by atoms with Gasteiger partial charge in [0, 0.05) is 18.3 Å². The summed E-state index contributed by atoms with van der Waals surface area (Å²) in [6, 6.07) is 18.5. The van der Waals surface area contributed by atoms with Gasteiger partial charge >= 0.3 is 0 Å². The Balaban J connectivity index is 2.07. The maximum atomic E-state index is 11.9. The van der Waals surface area contributed by atoms with Gasteiger partial charge in [-0.25, -0.2) is 4.98 Å². The third-order valence-corrected chi connectivity index (χ3v) is 5.06. The monoisotopic (exact) mass is 351 g/mol.